The van der Waals surface area contributed by atoms with Gasteiger partial charge in [0.15, 0.2) is 0 Å². The number of carbonyl (C=O) groups is 2. The van der Waals surface area contributed by atoms with Crippen LogP contribution in [-0.4, -0.2) is 79.1 Å². The summed E-state index contributed by atoms with van der Waals surface area (Å²) in [5, 5.41) is 6.27. The SMILES string of the molecule is CC(=O)N1CCN(C2COC[C@H](NC(=O)C3Cc4c(F)ccc(C)c4N3)C2)CC1. The summed E-state index contributed by atoms with van der Waals surface area (Å²) in [6.45, 7) is 7.77. The van der Waals surface area contributed by atoms with E-state index in [4.69, 9.17) is 4.74 Å². The van der Waals surface area contributed by atoms with E-state index < -0.39 is 6.04 Å². The van der Waals surface area contributed by atoms with Gasteiger partial charge in [-0.3, -0.25) is 14.5 Å². The zero-order valence-electron chi connectivity index (χ0n) is 17.0. The van der Waals surface area contributed by atoms with E-state index >= 15 is 0 Å². The monoisotopic (exact) mass is 404 g/mol. The molecule has 2 fully saturated rings. The predicted molar refractivity (Wildman–Crippen MR) is 107 cm³/mol. The number of nitrogens with zero attached hydrogens (tertiary/aromatic N) is 2. The molecule has 3 aliphatic rings. The molecule has 0 spiro atoms. The number of benzene rings is 1. The van der Waals surface area contributed by atoms with Gasteiger partial charge in [-0.2, -0.15) is 0 Å². The highest BCUT2D eigenvalue weighted by Gasteiger charge is 2.34. The molecule has 1 aromatic rings. The highest BCUT2D eigenvalue weighted by Crippen LogP contribution is 2.31. The summed E-state index contributed by atoms with van der Waals surface area (Å²) >= 11 is 0. The second-order valence-electron chi connectivity index (χ2n) is 8.29. The molecule has 29 heavy (non-hydrogen) atoms. The van der Waals surface area contributed by atoms with Gasteiger partial charge in [-0.1, -0.05) is 6.07 Å². The number of aryl methyl sites for hydroxylation is 1. The van der Waals surface area contributed by atoms with Crippen LogP contribution in [0.5, 0.6) is 0 Å². The Morgan fingerprint density at radius 3 is 2.66 bits per heavy atom. The van der Waals surface area contributed by atoms with E-state index in [1.165, 1.54) is 6.07 Å². The zero-order valence-corrected chi connectivity index (χ0v) is 17.0. The van der Waals surface area contributed by atoms with E-state index in [-0.39, 0.29) is 29.7 Å². The molecule has 0 saturated carbocycles. The maximum Gasteiger partial charge on any atom is 0.243 e. The lowest BCUT2D eigenvalue weighted by molar-refractivity contribution is -0.132. The van der Waals surface area contributed by atoms with Crippen molar-refractivity contribution in [1.82, 2.24) is 15.1 Å². The minimum Gasteiger partial charge on any atom is -0.378 e. The van der Waals surface area contributed by atoms with Gasteiger partial charge < -0.3 is 20.3 Å². The molecular formula is C21H29FN4O3. The number of nitrogens with one attached hydrogen (secondary N) is 2. The number of anilines is 1. The second-order valence-corrected chi connectivity index (χ2v) is 8.29. The first-order valence-electron chi connectivity index (χ1n) is 10.3. The molecule has 0 radical (unpaired) electrons. The number of halogens is 1. The fourth-order valence-corrected chi connectivity index (χ4v) is 4.60. The van der Waals surface area contributed by atoms with Crippen molar-refractivity contribution >= 4 is 17.5 Å². The fourth-order valence-electron chi connectivity index (χ4n) is 4.60. The quantitative estimate of drug-likeness (QED) is 0.784. The minimum absolute atomic E-state index is 0.0662. The lowest BCUT2D eigenvalue weighted by Gasteiger charge is -2.42. The maximum atomic E-state index is 14.1. The number of hydrogen-bond acceptors (Lipinski definition) is 5. The Morgan fingerprint density at radius 2 is 1.97 bits per heavy atom. The van der Waals surface area contributed by atoms with Crippen molar-refractivity contribution in [1.29, 1.82) is 0 Å². The third kappa shape index (κ3) is 4.23. The van der Waals surface area contributed by atoms with E-state index in [0.717, 1.165) is 43.9 Å². The van der Waals surface area contributed by atoms with Crippen LogP contribution in [0.3, 0.4) is 0 Å². The molecule has 8 heteroatoms. The molecule has 1 aromatic carbocycles. The first-order valence-corrected chi connectivity index (χ1v) is 10.3. The van der Waals surface area contributed by atoms with E-state index in [1.807, 2.05) is 11.8 Å². The Kier molecular flexibility index (Phi) is 5.74. The average Bonchev–Trinajstić information content (AvgIpc) is 3.18. The summed E-state index contributed by atoms with van der Waals surface area (Å²) in [7, 11) is 0. The third-order valence-electron chi connectivity index (χ3n) is 6.32. The van der Waals surface area contributed by atoms with Crippen LogP contribution in [0.4, 0.5) is 10.1 Å². The van der Waals surface area contributed by atoms with Crippen LogP contribution < -0.4 is 10.6 Å². The molecule has 2 amide bonds. The molecule has 0 aromatic heterocycles. The first kappa shape index (κ1) is 20.1. The second kappa shape index (κ2) is 8.28. The summed E-state index contributed by atoms with van der Waals surface area (Å²) in [6.07, 6.45) is 1.18. The Morgan fingerprint density at radius 1 is 1.21 bits per heavy atom. The minimum atomic E-state index is -0.458. The molecule has 2 unspecified atom stereocenters. The van der Waals surface area contributed by atoms with E-state index in [1.54, 1.807) is 13.0 Å². The van der Waals surface area contributed by atoms with Crippen LogP contribution in [0.1, 0.15) is 24.5 Å². The number of fused-ring (bicyclic) bond motifs is 1. The Labute approximate surface area is 170 Å². The van der Waals surface area contributed by atoms with Crippen molar-refractivity contribution in [3.8, 4) is 0 Å². The van der Waals surface area contributed by atoms with Crippen LogP contribution in [0.2, 0.25) is 0 Å². The van der Waals surface area contributed by atoms with E-state index in [2.05, 4.69) is 15.5 Å². The van der Waals surface area contributed by atoms with Gasteiger partial charge in [-0.25, -0.2) is 4.39 Å². The predicted octanol–water partition coefficient (Wildman–Crippen LogP) is 0.909. The normalized spacial score (nSPS) is 27.3. The van der Waals surface area contributed by atoms with Gasteiger partial charge in [0.2, 0.25) is 11.8 Å². The van der Waals surface area contributed by atoms with Crippen molar-refractivity contribution < 1.29 is 18.7 Å². The molecular weight excluding hydrogens is 375 g/mol. The number of ether oxygens (including phenoxy) is 1. The summed E-state index contributed by atoms with van der Waals surface area (Å²) in [4.78, 5) is 28.5. The number of piperazine rings is 1. The summed E-state index contributed by atoms with van der Waals surface area (Å²) < 4.78 is 19.8. The maximum absolute atomic E-state index is 14.1. The fraction of sp³-hybridized carbons (Fsp3) is 0.619. The molecule has 3 heterocycles. The largest absolute Gasteiger partial charge is 0.378 e. The lowest BCUT2D eigenvalue weighted by Crippen LogP contribution is -2.57. The Hall–Kier alpha value is -2.19. The molecule has 3 atom stereocenters. The lowest BCUT2D eigenvalue weighted by atomic mass is 10.0. The highest BCUT2D eigenvalue weighted by atomic mass is 19.1. The standard InChI is InChI=1S/C21H29FN4O3/c1-13-3-4-18(22)17-10-19(24-20(13)17)21(28)23-15-9-16(12-29-11-15)26-7-5-25(6-8-26)14(2)27/h3-4,15-16,19,24H,5-12H2,1-2H3,(H,23,28)/t15-,16?,19?/m1/s1. The van der Waals surface area contributed by atoms with Crippen molar-refractivity contribution in [2.45, 2.75) is 44.8 Å². The molecule has 158 valence electrons. The van der Waals surface area contributed by atoms with Crippen molar-refractivity contribution in [2.75, 3.05) is 44.7 Å². The van der Waals surface area contributed by atoms with Crippen LogP contribution in [-0.2, 0) is 20.7 Å². The van der Waals surface area contributed by atoms with Gasteiger partial charge in [-0.15, -0.1) is 0 Å². The molecule has 7 nitrogen and oxygen atoms in total. The van der Waals surface area contributed by atoms with E-state index in [0.29, 0.717) is 25.2 Å². The molecule has 2 N–H and O–H groups in total. The summed E-state index contributed by atoms with van der Waals surface area (Å²) in [6, 6.07) is 2.90. The molecule has 4 rings (SSSR count). The van der Waals surface area contributed by atoms with Crippen LogP contribution >= 0.6 is 0 Å². The molecule has 0 bridgehead atoms. The summed E-state index contributed by atoms with van der Waals surface area (Å²) in [5.74, 6) is -0.263. The van der Waals surface area contributed by atoms with Crippen LogP contribution in [0.25, 0.3) is 0 Å². The van der Waals surface area contributed by atoms with Gasteiger partial charge in [0.1, 0.15) is 11.9 Å². The van der Waals surface area contributed by atoms with Gasteiger partial charge in [0, 0.05) is 56.8 Å². The number of amides is 2. The molecule has 2 saturated heterocycles. The molecule has 3 aliphatic heterocycles. The Balaban J connectivity index is 1.31. The van der Waals surface area contributed by atoms with Gasteiger partial charge in [-0.05, 0) is 25.0 Å². The Bertz CT molecular complexity index is 763. The van der Waals surface area contributed by atoms with Crippen LogP contribution in [0, 0.1) is 12.7 Å². The topological polar surface area (TPSA) is 73.9 Å². The third-order valence-corrected chi connectivity index (χ3v) is 6.32. The van der Waals surface area contributed by atoms with Crippen LogP contribution in [0.15, 0.2) is 12.1 Å². The average molecular weight is 404 g/mol. The van der Waals surface area contributed by atoms with Crippen molar-refractivity contribution in [3.63, 3.8) is 0 Å². The number of hydrogen-bond donors (Lipinski definition) is 2. The smallest absolute Gasteiger partial charge is 0.243 e. The zero-order chi connectivity index (χ0) is 20.5. The number of rotatable bonds is 3. The summed E-state index contributed by atoms with van der Waals surface area (Å²) in [5.41, 5.74) is 2.28. The van der Waals surface area contributed by atoms with E-state index in [9.17, 15) is 14.0 Å². The molecule has 0 aliphatic carbocycles. The highest BCUT2D eigenvalue weighted by molar-refractivity contribution is 5.88. The van der Waals surface area contributed by atoms with Crippen molar-refractivity contribution in [2.24, 2.45) is 0 Å². The van der Waals surface area contributed by atoms with Gasteiger partial charge in [0.05, 0.1) is 19.3 Å². The first-order chi connectivity index (χ1) is 13.9. The number of carbonyl (C=O) groups excluding carboxylic acids is 2. The van der Waals surface area contributed by atoms with Crippen molar-refractivity contribution in [3.05, 3.63) is 29.1 Å². The van der Waals surface area contributed by atoms with Gasteiger partial charge >= 0.3 is 0 Å². The van der Waals surface area contributed by atoms with Gasteiger partial charge in [0.25, 0.3) is 0 Å².